The summed E-state index contributed by atoms with van der Waals surface area (Å²) in [7, 11) is 0. The van der Waals surface area contributed by atoms with Crippen LogP contribution in [0.15, 0.2) is 18.2 Å². The normalized spacial score (nSPS) is 18.4. The summed E-state index contributed by atoms with van der Waals surface area (Å²) in [5.41, 5.74) is 7.09. The highest BCUT2D eigenvalue weighted by Crippen LogP contribution is 2.39. The highest BCUT2D eigenvalue weighted by molar-refractivity contribution is 5.56. The summed E-state index contributed by atoms with van der Waals surface area (Å²) >= 11 is 0. The second-order valence-electron chi connectivity index (χ2n) is 4.61. The Labute approximate surface area is 79.1 Å². The molecule has 0 amide bonds. The van der Waals surface area contributed by atoms with Gasteiger partial charge >= 0.3 is 0 Å². The molecule has 0 fully saturated rings. The molecule has 0 heterocycles. The molecule has 0 aliphatic heterocycles. The fraction of sp³-hybridized carbons (Fsp3) is 0.455. The van der Waals surface area contributed by atoms with Gasteiger partial charge in [-0.15, -0.1) is 0 Å². The third-order valence-corrected chi connectivity index (χ3v) is 2.75. The second kappa shape index (κ2) is 2.74. The molecule has 0 unspecified atom stereocenters. The average Bonchev–Trinajstić information content (AvgIpc) is 2.37. The monoisotopic (exact) mass is 176 g/mol. The van der Waals surface area contributed by atoms with E-state index in [0.29, 0.717) is 5.41 Å². The van der Waals surface area contributed by atoms with Gasteiger partial charge < -0.3 is 5.43 Å². The molecule has 2 heteroatoms. The van der Waals surface area contributed by atoms with Crippen LogP contribution < -0.4 is 11.3 Å². The van der Waals surface area contributed by atoms with Crippen molar-refractivity contribution in [3.8, 4) is 0 Å². The smallest absolute Gasteiger partial charge is 0.0520 e. The van der Waals surface area contributed by atoms with Gasteiger partial charge in [-0.1, -0.05) is 26.0 Å². The molecule has 1 aliphatic carbocycles. The summed E-state index contributed by atoms with van der Waals surface area (Å²) in [4.78, 5) is 0. The summed E-state index contributed by atoms with van der Waals surface area (Å²) in [5, 5.41) is 0. The van der Waals surface area contributed by atoms with Crippen LogP contribution in [0.1, 0.15) is 25.0 Å². The number of anilines is 1. The highest BCUT2D eigenvalue weighted by atomic mass is 15.2. The van der Waals surface area contributed by atoms with Crippen molar-refractivity contribution in [2.45, 2.75) is 26.7 Å². The maximum absolute atomic E-state index is 5.46. The number of hydrazine groups is 1. The lowest BCUT2D eigenvalue weighted by Crippen LogP contribution is -2.11. The third-order valence-electron chi connectivity index (χ3n) is 2.75. The topological polar surface area (TPSA) is 38.0 Å². The lowest BCUT2D eigenvalue weighted by atomic mass is 9.90. The summed E-state index contributed by atoms with van der Waals surface area (Å²) in [6.07, 6.45) is 2.29. The summed E-state index contributed by atoms with van der Waals surface area (Å²) in [6, 6.07) is 6.31. The Hall–Kier alpha value is -1.02. The molecule has 1 aromatic rings. The first-order valence-corrected chi connectivity index (χ1v) is 4.70. The molecule has 13 heavy (non-hydrogen) atoms. The zero-order valence-electron chi connectivity index (χ0n) is 8.22. The first kappa shape index (κ1) is 8.57. The zero-order chi connectivity index (χ0) is 9.47. The van der Waals surface area contributed by atoms with Crippen LogP contribution in [0.5, 0.6) is 0 Å². The zero-order valence-corrected chi connectivity index (χ0v) is 8.22. The number of rotatable bonds is 1. The predicted octanol–water partition coefficient (Wildman–Crippen LogP) is 2.10. The third kappa shape index (κ3) is 1.42. The Bertz CT molecular complexity index is 329. The van der Waals surface area contributed by atoms with E-state index >= 15 is 0 Å². The van der Waals surface area contributed by atoms with E-state index in [4.69, 9.17) is 5.84 Å². The van der Waals surface area contributed by atoms with E-state index in [1.54, 1.807) is 0 Å². The lowest BCUT2D eigenvalue weighted by molar-refractivity contribution is 0.393. The summed E-state index contributed by atoms with van der Waals surface area (Å²) < 4.78 is 0. The van der Waals surface area contributed by atoms with Crippen LogP contribution in [0.2, 0.25) is 0 Å². The van der Waals surface area contributed by atoms with Gasteiger partial charge in [0.2, 0.25) is 0 Å². The maximum Gasteiger partial charge on any atom is 0.0520 e. The molecule has 1 aliphatic rings. The van der Waals surface area contributed by atoms with Gasteiger partial charge in [-0.2, -0.15) is 0 Å². The van der Waals surface area contributed by atoms with Crippen molar-refractivity contribution in [1.29, 1.82) is 0 Å². The molecule has 0 spiro atoms. The minimum Gasteiger partial charge on any atom is -0.324 e. The van der Waals surface area contributed by atoms with E-state index in [9.17, 15) is 0 Å². The fourth-order valence-electron chi connectivity index (χ4n) is 2.20. The van der Waals surface area contributed by atoms with Crippen molar-refractivity contribution in [3.63, 3.8) is 0 Å². The standard InChI is InChI=1S/C11H16N2/c1-11(2)6-8-4-3-5-10(13-12)9(8)7-11/h3-5,13H,6-7,12H2,1-2H3. The quantitative estimate of drug-likeness (QED) is 0.508. The number of nitrogens with one attached hydrogen (secondary N) is 1. The average molecular weight is 176 g/mol. The van der Waals surface area contributed by atoms with E-state index in [1.807, 2.05) is 6.07 Å². The van der Waals surface area contributed by atoms with Crippen LogP contribution in [0.3, 0.4) is 0 Å². The number of benzene rings is 1. The van der Waals surface area contributed by atoms with Crippen molar-refractivity contribution < 1.29 is 0 Å². The maximum atomic E-state index is 5.46. The molecule has 2 rings (SSSR count). The van der Waals surface area contributed by atoms with Gasteiger partial charge in [0.05, 0.1) is 5.69 Å². The number of nitrogens with two attached hydrogens (primary N) is 1. The summed E-state index contributed by atoms with van der Waals surface area (Å²) in [6.45, 7) is 4.60. The van der Waals surface area contributed by atoms with E-state index < -0.39 is 0 Å². The first-order chi connectivity index (χ1) is 6.12. The predicted molar refractivity (Wildman–Crippen MR) is 55.4 cm³/mol. The van der Waals surface area contributed by atoms with Crippen LogP contribution in [-0.4, -0.2) is 0 Å². The molecule has 2 nitrogen and oxygen atoms in total. The van der Waals surface area contributed by atoms with Crippen LogP contribution in [0, 0.1) is 5.41 Å². The molecular weight excluding hydrogens is 160 g/mol. The Balaban J connectivity index is 2.45. The molecule has 0 saturated carbocycles. The molecular formula is C11H16N2. The van der Waals surface area contributed by atoms with Gasteiger partial charge in [-0.05, 0) is 35.4 Å². The van der Waals surface area contributed by atoms with Gasteiger partial charge in [-0.25, -0.2) is 0 Å². The van der Waals surface area contributed by atoms with Gasteiger partial charge in [0.1, 0.15) is 0 Å². The van der Waals surface area contributed by atoms with Gasteiger partial charge in [0, 0.05) is 0 Å². The van der Waals surface area contributed by atoms with Crippen LogP contribution in [0.4, 0.5) is 5.69 Å². The number of hydrogen-bond donors (Lipinski definition) is 2. The van der Waals surface area contributed by atoms with Gasteiger partial charge in [-0.3, -0.25) is 5.84 Å². The molecule has 0 saturated heterocycles. The Morgan fingerprint density at radius 1 is 1.31 bits per heavy atom. The summed E-state index contributed by atoms with van der Waals surface area (Å²) in [5.74, 6) is 5.46. The fourth-order valence-corrected chi connectivity index (χ4v) is 2.20. The van der Waals surface area contributed by atoms with E-state index in [2.05, 4.69) is 31.4 Å². The molecule has 1 aromatic carbocycles. The molecule has 3 N–H and O–H groups in total. The lowest BCUT2D eigenvalue weighted by Gasteiger charge is -2.15. The van der Waals surface area contributed by atoms with Gasteiger partial charge in [0.25, 0.3) is 0 Å². The van der Waals surface area contributed by atoms with Crippen LogP contribution in [-0.2, 0) is 12.8 Å². The van der Waals surface area contributed by atoms with Crippen molar-refractivity contribution in [2.75, 3.05) is 5.43 Å². The first-order valence-electron chi connectivity index (χ1n) is 4.70. The molecule has 0 radical (unpaired) electrons. The van der Waals surface area contributed by atoms with Crippen LogP contribution in [0.25, 0.3) is 0 Å². The minimum atomic E-state index is 0.398. The highest BCUT2D eigenvalue weighted by Gasteiger charge is 2.29. The van der Waals surface area contributed by atoms with E-state index in [-0.39, 0.29) is 0 Å². The number of nitrogen functional groups attached to an aromatic ring is 1. The SMILES string of the molecule is CC1(C)Cc2cccc(NN)c2C1. The Kier molecular flexibility index (Phi) is 1.81. The van der Waals surface area contributed by atoms with Crippen LogP contribution >= 0.6 is 0 Å². The largest absolute Gasteiger partial charge is 0.324 e. The van der Waals surface area contributed by atoms with Gasteiger partial charge in [0.15, 0.2) is 0 Å². The van der Waals surface area contributed by atoms with Crippen molar-refractivity contribution in [2.24, 2.45) is 11.3 Å². The molecule has 70 valence electrons. The van der Waals surface area contributed by atoms with Crippen molar-refractivity contribution in [3.05, 3.63) is 29.3 Å². The van der Waals surface area contributed by atoms with E-state index in [1.165, 1.54) is 11.1 Å². The van der Waals surface area contributed by atoms with Crippen molar-refractivity contribution in [1.82, 2.24) is 0 Å². The molecule has 0 bridgehead atoms. The number of fused-ring (bicyclic) bond motifs is 1. The number of hydrogen-bond acceptors (Lipinski definition) is 2. The Morgan fingerprint density at radius 2 is 2.08 bits per heavy atom. The minimum absolute atomic E-state index is 0.398. The van der Waals surface area contributed by atoms with Crippen molar-refractivity contribution >= 4 is 5.69 Å². The molecule has 0 aromatic heterocycles. The Morgan fingerprint density at radius 3 is 2.77 bits per heavy atom. The second-order valence-corrected chi connectivity index (χ2v) is 4.61. The van der Waals surface area contributed by atoms with E-state index in [0.717, 1.165) is 18.5 Å². The molecule has 0 atom stereocenters.